The average molecular weight is 269 g/mol. The molecule has 1 aliphatic heterocycles. The first kappa shape index (κ1) is 16.4. The predicted octanol–water partition coefficient (Wildman–Crippen LogP) is 1.47. The summed E-state index contributed by atoms with van der Waals surface area (Å²) in [6.45, 7) is 12.2. The number of nitrogens with zero attached hydrogens (tertiary/aromatic N) is 1. The van der Waals surface area contributed by atoms with Crippen LogP contribution in [-0.4, -0.2) is 50.1 Å². The zero-order valence-corrected chi connectivity index (χ0v) is 12.9. The van der Waals surface area contributed by atoms with E-state index in [1.54, 1.807) is 0 Å². The number of carbonyl (C=O) groups is 1. The third-order valence-electron chi connectivity index (χ3n) is 3.80. The molecule has 1 saturated heterocycles. The van der Waals surface area contributed by atoms with E-state index >= 15 is 0 Å². The van der Waals surface area contributed by atoms with Crippen LogP contribution in [0.4, 0.5) is 0 Å². The number of piperidine rings is 1. The fourth-order valence-electron chi connectivity index (χ4n) is 2.46. The van der Waals surface area contributed by atoms with Gasteiger partial charge in [-0.1, -0.05) is 20.8 Å². The molecular weight excluding hydrogens is 238 g/mol. The Hall–Kier alpha value is -0.610. The highest BCUT2D eigenvalue weighted by Crippen LogP contribution is 2.15. The number of hydrogen-bond acceptors (Lipinski definition) is 3. The van der Waals surface area contributed by atoms with Crippen LogP contribution >= 0.6 is 0 Å². The van der Waals surface area contributed by atoms with E-state index in [0.717, 1.165) is 45.1 Å². The summed E-state index contributed by atoms with van der Waals surface area (Å²) in [6, 6.07) is 0. The lowest BCUT2D eigenvalue weighted by Crippen LogP contribution is -2.43. The van der Waals surface area contributed by atoms with Gasteiger partial charge in [-0.2, -0.15) is 0 Å². The second-order valence-electron chi connectivity index (χ2n) is 6.06. The van der Waals surface area contributed by atoms with Crippen LogP contribution in [0.3, 0.4) is 0 Å². The van der Waals surface area contributed by atoms with E-state index in [2.05, 4.69) is 36.3 Å². The summed E-state index contributed by atoms with van der Waals surface area (Å²) in [5, 5.41) is 6.43. The lowest BCUT2D eigenvalue weighted by Gasteiger charge is -2.31. The normalized spacial score (nSPS) is 17.9. The van der Waals surface area contributed by atoms with E-state index in [-0.39, 0.29) is 5.91 Å². The average Bonchev–Trinajstić information content (AvgIpc) is 2.37. The second kappa shape index (κ2) is 9.32. The zero-order valence-electron chi connectivity index (χ0n) is 12.9. The Morgan fingerprint density at radius 2 is 2.00 bits per heavy atom. The molecule has 4 nitrogen and oxygen atoms in total. The molecule has 0 aromatic carbocycles. The number of nitrogens with one attached hydrogen (secondary N) is 2. The maximum atomic E-state index is 11.8. The number of hydrogen-bond donors (Lipinski definition) is 2. The molecule has 2 N–H and O–H groups in total. The van der Waals surface area contributed by atoms with Crippen molar-refractivity contribution in [3.05, 3.63) is 0 Å². The Morgan fingerprint density at radius 3 is 2.58 bits per heavy atom. The summed E-state index contributed by atoms with van der Waals surface area (Å²) in [6.07, 6.45) is 3.50. The van der Waals surface area contributed by atoms with Crippen molar-refractivity contribution < 1.29 is 4.79 Å². The van der Waals surface area contributed by atoms with E-state index in [9.17, 15) is 4.79 Å². The molecule has 0 saturated carbocycles. The van der Waals surface area contributed by atoms with Crippen molar-refractivity contribution in [2.24, 2.45) is 11.8 Å². The van der Waals surface area contributed by atoms with Crippen LogP contribution in [0.5, 0.6) is 0 Å². The van der Waals surface area contributed by atoms with E-state index in [1.165, 1.54) is 12.8 Å². The lowest BCUT2D eigenvalue weighted by molar-refractivity contribution is -0.122. The fraction of sp³-hybridized carbons (Fsp3) is 0.933. The highest BCUT2D eigenvalue weighted by atomic mass is 16.2. The number of likely N-dealkylation sites (tertiary alicyclic amines) is 1. The summed E-state index contributed by atoms with van der Waals surface area (Å²) in [7, 11) is 0. The van der Waals surface area contributed by atoms with Crippen molar-refractivity contribution in [1.82, 2.24) is 15.5 Å². The molecule has 19 heavy (non-hydrogen) atoms. The predicted molar refractivity (Wildman–Crippen MR) is 80.2 cm³/mol. The van der Waals surface area contributed by atoms with Crippen LogP contribution in [0.25, 0.3) is 0 Å². The van der Waals surface area contributed by atoms with Gasteiger partial charge < -0.3 is 10.6 Å². The van der Waals surface area contributed by atoms with Crippen LogP contribution in [-0.2, 0) is 4.79 Å². The monoisotopic (exact) mass is 269 g/mol. The molecule has 4 heteroatoms. The highest BCUT2D eigenvalue weighted by molar-refractivity contribution is 5.77. The van der Waals surface area contributed by atoms with E-state index < -0.39 is 0 Å². The topological polar surface area (TPSA) is 44.4 Å². The first-order valence-electron chi connectivity index (χ1n) is 7.81. The molecule has 0 aromatic rings. The van der Waals surface area contributed by atoms with Gasteiger partial charge in [0, 0.05) is 6.54 Å². The van der Waals surface area contributed by atoms with E-state index in [0.29, 0.717) is 12.5 Å². The van der Waals surface area contributed by atoms with Crippen molar-refractivity contribution in [1.29, 1.82) is 0 Å². The molecule has 1 aliphatic rings. The molecular formula is C15H31N3O. The van der Waals surface area contributed by atoms with Gasteiger partial charge in [0.25, 0.3) is 0 Å². The number of amides is 1. The molecule has 0 bridgehead atoms. The van der Waals surface area contributed by atoms with Gasteiger partial charge >= 0.3 is 0 Å². The lowest BCUT2D eigenvalue weighted by atomic mass is 9.97. The van der Waals surface area contributed by atoms with Crippen LogP contribution in [0.1, 0.15) is 40.0 Å². The van der Waals surface area contributed by atoms with E-state index in [1.807, 2.05) is 0 Å². The smallest absolute Gasteiger partial charge is 0.234 e. The Labute approximate surface area is 118 Å². The highest BCUT2D eigenvalue weighted by Gasteiger charge is 2.20. The molecule has 0 spiro atoms. The maximum Gasteiger partial charge on any atom is 0.234 e. The SMILES string of the molecule is CCNCC1CCN(CC(=O)NCCC(C)C)CC1. The molecule has 1 fully saturated rings. The van der Waals surface area contributed by atoms with Gasteiger partial charge in [-0.25, -0.2) is 0 Å². The van der Waals surface area contributed by atoms with Crippen molar-refractivity contribution >= 4 is 5.91 Å². The summed E-state index contributed by atoms with van der Waals surface area (Å²) in [5.41, 5.74) is 0. The Morgan fingerprint density at radius 1 is 1.32 bits per heavy atom. The van der Waals surface area contributed by atoms with E-state index in [4.69, 9.17) is 0 Å². The van der Waals surface area contributed by atoms with Crippen molar-refractivity contribution in [2.75, 3.05) is 39.3 Å². The summed E-state index contributed by atoms with van der Waals surface area (Å²) in [4.78, 5) is 14.1. The van der Waals surface area contributed by atoms with Gasteiger partial charge in [-0.05, 0) is 57.3 Å². The first-order valence-corrected chi connectivity index (χ1v) is 7.81. The summed E-state index contributed by atoms with van der Waals surface area (Å²) in [5.74, 6) is 1.63. The molecule has 0 aromatic heterocycles. The van der Waals surface area contributed by atoms with Crippen LogP contribution < -0.4 is 10.6 Å². The standard InChI is InChI=1S/C15H31N3O/c1-4-16-11-14-6-9-18(10-7-14)12-15(19)17-8-5-13(2)3/h13-14,16H,4-12H2,1-3H3,(H,17,19). The minimum atomic E-state index is 0.186. The van der Waals surface area contributed by atoms with Crippen molar-refractivity contribution in [3.8, 4) is 0 Å². The third-order valence-corrected chi connectivity index (χ3v) is 3.80. The minimum absolute atomic E-state index is 0.186. The van der Waals surface area contributed by atoms with Crippen LogP contribution in [0.2, 0.25) is 0 Å². The largest absolute Gasteiger partial charge is 0.355 e. The quantitative estimate of drug-likeness (QED) is 0.701. The van der Waals surface area contributed by atoms with Crippen molar-refractivity contribution in [3.63, 3.8) is 0 Å². The number of carbonyl (C=O) groups excluding carboxylic acids is 1. The van der Waals surface area contributed by atoms with Crippen molar-refractivity contribution in [2.45, 2.75) is 40.0 Å². The molecule has 0 unspecified atom stereocenters. The molecule has 0 radical (unpaired) electrons. The summed E-state index contributed by atoms with van der Waals surface area (Å²) >= 11 is 0. The van der Waals surface area contributed by atoms with Gasteiger partial charge in [0.15, 0.2) is 0 Å². The minimum Gasteiger partial charge on any atom is -0.355 e. The zero-order chi connectivity index (χ0) is 14.1. The molecule has 112 valence electrons. The Balaban J connectivity index is 2.09. The third kappa shape index (κ3) is 7.53. The molecule has 0 atom stereocenters. The van der Waals surface area contributed by atoms with Crippen LogP contribution in [0.15, 0.2) is 0 Å². The maximum absolute atomic E-state index is 11.8. The fourth-order valence-corrected chi connectivity index (χ4v) is 2.46. The van der Waals surface area contributed by atoms with Gasteiger partial charge in [-0.3, -0.25) is 9.69 Å². The summed E-state index contributed by atoms with van der Waals surface area (Å²) < 4.78 is 0. The Bertz CT molecular complexity index is 248. The Kier molecular flexibility index (Phi) is 8.07. The van der Waals surface area contributed by atoms with Crippen LogP contribution in [0, 0.1) is 11.8 Å². The van der Waals surface area contributed by atoms with Gasteiger partial charge in [0.2, 0.25) is 5.91 Å². The molecule has 1 heterocycles. The van der Waals surface area contributed by atoms with Gasteiger partial charge in [-0.15, -0.1) is 0 Å². The second-order valence-corrected chi connectivity index (χ2v) is 6.06. The number of rotatable bonds is 8. The first-order chi connectivity index (χ1) is 9.11. The molecule has 1 amide bonds. The molecule has 1 rings (SSSR count). The van der Waals surface area contributed by atoms with Gasteiger partial charge in [0.1, 0.15) is 0 Å². The van der Waals surface area contributed by atoms with Gasteiger partial charge in [0.05, 0.1) is 6.54 Å². The molecule has 0 aliphatic carbocycles.